The highest BCUT2D eigenvalue weighted by Gasteiger charge is 2.31. The summed E-state index contributed by atoms with van der Waals surface area (Å²) in [4.78, 5) is 4.76. The molecule has 17 aromatic rings. The van der Waals surface area contributed by atoms with Crippen molar-refractivity contribution in [2.45, 2.75) is 0 Å². The molecule has 5 heteroatoms. The molecule has 0 aliphatic rings. The highest BCUT2D eigenvalue weighted by atomic mass is 16.3. The van der Waals surface area contributed by atoms with Gasteiger partial charge in [-0.2, -0.15) is 0 Å². The summed E-state index contributed by atoms with van der Waals surface area (Å²) in [6, 6.07) is 107. The van der Waals surface area contributed by atoms with Gasteiger partial charge in [0.25, 0.3) is 0 Å². The Bertz CT molecular complexity index is 5390. The van der Waals surface area contributed by atoms with Crippen molar-refractivity contribution >= 4 is 132 Å². The number of hydrogen-bond acceptors (Lipinski definition) is 4. The van der Waals surface area contributed by atoms with Crippen LogP contribution in [-0.4, -0.2) is 4.57 Å². The first-order valence-electron chi connectivity index (χ1n) is 28.3. The van der Waals surface area contributed by atoms with Gasteiger partial charge in [-0.1, -0.05) is 200 Å². The molecular formula is C78H49N3O2. The molecule has 5 nitrogen and oxygen atoms in total. The van der Waals surface area contributed by atoms with Gasteiger partial charge in [-0.3, -0.25) is 0 Å². The normalized spacial score (nSPS) is 11.9. The molecule has 0 bridgehead atoms. The zero-order chi connectivity index (χ0) is 54.5. The number of nitrogens with zero attached hydrogens (tertiary/aromatic N) is 3. The lowest BCUT2D eigenvalue weighted by Crippen LogP contribution is -2.11. The molecule has 0 N–H and O–H groups in total. The van der Waals surface area contributed by atoms with Crippen LogP contribution in [-0.2, 0) is 0 Å². The quantitative estimate of drug-likeness (QED) is 0.144. The van der Waals surface area contributed by atoms with Crippen LogP contribution in [0, 0.1) is 0 Å². The van der Waals surface area contributed by atoms with Crippen molar-refractivity contribution in [3.8, 4) is 27.9 Å². The van der Waals surface area contributed by atoms with Gasteiger partial charge in [0.15, 0.2) is 5.58 Å². The molecule has 0 amide bonds. The molecule has 0 aliphatic heterocycles. The average molecular weight is 1060 g/mol. The first-order chi connectivity index (χ1) is 41.1. The molecule has 17 rings (SSSR count). The largest absolute Gasteiger partial charge is 0.455 e. The summed E-state index contributed by atoms with van der Waals surface area (Å²) in [6.45, 7) is 0. The molecule has 0 fully saturated rings. The summed E-state index contributed by atoms with van der Waals surface area (Å²) in [5.74, 6) is 0. The third-order valence-electron chi connectivity index (χ3n) is 16.9. The zero-order valence-corrected chi connectivity index (χ0v) is 44.9. The van der Waals surface area contributed by atoms with Crippen molar-refractivity contribution in [2.24, 2.45) is 0 Å². The third-order valence-corrected chi connectivity index (χ3v) is 16.9. The lowest BCUT2D eigenvalue weighted by atomic mass is 9.99. The lowest BCUT2D eigenvalue weighted by molar-refractivity contribution is 0.669. The molecule has 3 heterocycles. The van der Waals surface area contributed by atoms with E-state index in [-0.39, 0.29) is 0 Å². The fourth-order valence-corrected chi connectivity index (χ4v) is 13.0. The van der Waals surface area contributed by atoms with Crippen LogP contribution < -0.4 is 9.80 Å². The molecule has 388 valence electrons. The predicted molar refractivity (Wildman–Crippen MR) is 348 cm³/mol. The number of aromatic nitrogens is 1. The summed E-state index contributed by atoms with van der Waals surface area (Å²) in [6.07, 6.45) is 0. The van der Waals surface area contributed by atoms with E-state index in [4.69, 9.17) is 8.83 Å². The first kappa shape index (κ1) is 46.7. The van der Waals surface area contributed by atoms with Crippen molar-refractivity contribution in [3.63, 3.8) is 0 Å². The topological polar surface area (TPSA) is 37.7 Å². The van der Waals surface area contributed by atoms with E-state index in [0.29, 0.717) is 0 Å². The number of hydrogen-bond donors (Lipinski definition) is 0. The van der Waals surface area contributed by atoms with E-state index in [1.54, 1.807) is 0 Å². The van der Waals surface area contributed by atoms with Crippen molar-refractivity contribution < 1.29 is 8.83 Å². The minimum absolute atomic E-state index is 0.782. The van der Waals surface area contributed by atoms with Crippen LogP contribution >= 0.6 is 0 Å². The summed E-state index contributed by atoms with van der Waals surface area (Å²) in [7, 11) is 0. The average Bonchev–Trinajstić information content (AvgIpc) is 1.70. The number of anilines is 6. The van der Waals surface area contributed by atoms with E-state index >= 15 is 0 Å². The van der Waals surface area contributed by atoms with Crippen molar-refractivity contribution in [1.29, 1.82) is 0 Å². The highest BCUT2D eigenvalue weighted by Crippen LogP contribution is 2.54. The number of rotatable bonds is 9. The SMILES string of the molecule is c1ccc(N(c2ccc(-c3ccc4ccccc4c3)cc2)c2cc3c(c4c2oc2ccccc24)c2c4oc5ccccc5c4c(N(c4ccccc4)c4ccc(-c5ccc6ccccc6c5)cc4)cc2n3-c2ccc3ccccc3c2)cc1. The van der Waals surface area contributed by atoms with Gasteiger partial charge in [-0.05, 0) is 152 Å². The molecule has 83 heavy (non-hydrogen) atoms. The molecule has 0 radical (unpaired) electrons. The third kappa shape index (κ3) is 7.56. The van der Waals surface area contributed by atoms with E-state index < -0.39 is 0 Å². The van der Waals surface area contributed by atoms with Gasteiger partial charge in [-0.15, -0.1) is 0 Å². The number of para-hydroxylation sites is 4. The molecular weight excluding hydrogens is 1010 g/mol. The standard InChI is InChI=1S/C78H49N3O2/c1-3-23-60(24-4-1)79(62-40-35-53(36-41-62)58-33-31-50-17-7-10-20-55(50)45-58)67-48-69-76(78-73(67)65-27-13-15-29-71(65)83-78)75-68(81(69)64-44-39-52-19-9-12-22-57(52)47-64)49-70(77-74(75)66-28-14-16-30-72(66)82-77)80(61-25-5-2-6-26-61)63-42-37-54(38-43-63)59-34-32-51-18-8-11-21-56(51)46-59/h1-49H. The van der Waals surface area contributed by atoms with E-state index in [0.717, 1.165) is 122 Å². The Hall–Kier alpha value is -11.1. The van der Waals surface area contributed by atoms with Gasteiger partial charge in [0.1, 0.15) is 16.7 Å². The number of fused-ring (bicyclic) bond motifs is 14. The van der Waals surface area contributed by atoms with Gasteiger partial charge in [0.05, 0.1) is 33.2 Å². The van der Waals surface area contributed by atoms with E-state index in [2.05, 4.69) is 312 Å². The Morgan fingerprint density at radius 2 is 0.651 bits per heavy atom. The Morgan fingerprint density at radius 1 is 0.253 bits per heavy atom. The predicted octanol–water partition coefficient (Wildman–Crippen LogP) is 22.3. The molecule has 0 atom stereocenters. The maximum Gasteiger partial charge on any atom is 0.160 e. The maximum atomic E-state index is 7.41. The first-order valence-corrected chi connectivity index (χ1v) is 28.3. The Labute approximate surface area is 477 Å². The van der Waals surface area contributed by atoms with Crippen molar-refractivity contribution in [1.82, 2.24) is 4.57 Å². The summed E-state index contributed by atoms with van der Waals surface area (Å²) in [5.41, 5.74) is 16.9. The number of furan rings is 2. The summed E-state index contributed by atoms with van der Waals surface area (Å²) < 4.78 is 17.2. The van der Waals surface area contributed by atoms with Gasteiger partial charge >= 0.3 is 0 Å². The van der Waals surface area contributed by atoms with Gasteiger partial charge in [0.2, 0.25) is 0 Å². The second kappa shape index (κ2) is 18.7. The van der Waals surface area contributed by atoms with Crippen LogP contribution in [0.5, 0.6) is 0 Å². The molecule has 0 saturated carbocycles. The molecule has 0 aliphatic carbocycles. The highest BCUT2D eigenvalue weighted by molar-refractivity contribution is 6.36. The van der Waals surface area contributed by atoms with Crippen LogP contribution in [0.15, 0.2) is 306 Å². The van der Waals surface area contributed by atoms with Crippen LogP contribution in [0.3, 0.4) is 0 Å². The minimum Gasteiger partial charge on any atom is -0.455 e. The zero-order valence-electron chi connectivity index (χ0n) is 44.9. The van der Waals surface area contributed by atoms with E-state index in [1.807, 2.05) is 0 Å². The lowest BCUT2D eigenvalue weighted by Gasteiger charge is -2.27. The van der Waals surface area contributed by atoms with Gasteiger partial charge in [-0.25, -0.2) is 0 Å². The molecule has 3 aromatic heterocycles. The van der Waals surface area contributed by atoms with Crippen LogP contribution in [0.1, 0.15) is 0 Å². The van der Waals surface area contributed by atoms with Gasteiger partial charge in [0, 0.05) is 50.0 Å². The van der Waals surface area contributed by atoms with Crippen LogP contribution in [0.2, 0.25) is 0 Å². The molecule has 14 aromatic carbocycles. The van der Waals surface area contributed by atoms with E-state index in [9.17, 15) is 0 Å². The number of benzene rings is 14. The molecule has 0 saturated heterocycles. The smallest absolute Gasteiger partial charge is 0.160 e. The monoisotopic (exact) mass is 1060 g/mol. The second-order valence-corrected chi connectivity index (χ2v) is 21.6. The molecule has 0 unspecified atom stereocenters. The van der Waals surface area contributed by atoms with E-state index in [1.165, 1.54) is 38.1 Å². The van der Waals surface area contributed by atoms with Crippen molar-refractivity contribution in [3.05, 3.63) is 297 Å². The molecule has 0 spiro atoms. The second-order valence-electron chi connectivity index (χ2n) is 21.6. The Morgan fingerprint density at radius 3 is 1.20 bits per heavy atom. The summed E-state index contributed by atoms with van der Waals surface area (Å²) >= 11 is 0. The van der Waals surface area contributed by atoms with Gasteiger partial charge < -0.3 is 23.2 Å². The minimum atomic E-state index is 0.782. The summed E-state index contributed by atoms with van der Waals surface area (Å²) in [5, 5.41) is 13.4. The van der Waals surface area contributed by atoms with Crippen molar-refractivity contribution in [2.75, 3.05) is 9.80 Å². The Balaban J connectivity index is 0.973. The van der Waals surface area contributed by atoms with Crippen LogP contribution in [0.4, 0.5) is 34.1 Å². The maximum absolute atomic E-state index is 7.41. The fourth-order valence-electron chi connectivity index (χ4n) is 13.0. The van der Waals surface area contributed by atoms with Crippen LogP contribution in [0.25, 0.3) is 126 Å². The fraction of sp³-hybridized carbons (Fsp3) is 0. The Kier molecular flexibility index (Phi) is 10.6.